The van der Waals surface area contributed by atoms with Gasteiger partial charge in [-0.25, -0.2) is 0 Å². The molecule has 10 aliphatic rings. The Kier molecular flexibility index (Phi) is 18.1. The third kappa shape index (κ3) is 10.5. The van der Waals surface area contributed by atoms with Crippen LogP contribution in [0.5, 0.6) is 0 Å². The molecule has 0 aromatic carbocycles. The van der Waals surface area contributed by atoms with Crippen molar-refractivity contribution in [3.8, 4) is 0 Å². The third-order valence-corrected chi connectivity index (χ3v) is 22.4. The highest BCUT2D eigenvalue weighted by Crippen LogP contribution is 2.76. The number of rotatable bonds is 12. The van der Waals surface area contributed by atoms with Crippen LogP contribution < -0.4 is 0 Å². The molecule has 32 atom stereocenters. The lowest BCUT2D eigenvalue weighted by atomic mass is 9.33. The van der Waals surface area contributed by atoms with Crippen molar-refractivity contribution >= 4 is 11.9 Å². The summed E-state index contributed by atoms with van der Waals surface area (Å²) in [5, 5.41) is 164. The largest absolute Gasteiger partial charge is 0.481 e. The summed E-state index contributed by atoms with van der Waals surface area (Å²) in [4.78, 5) is 29.3. The lowest BCUT2D eigenvalue weighted by molar-refractivity contribution is -0.370. The Labute approximate surface area is 486 Å². The molecule has 480 valence electrons. The fraction of sp³-hybridized carbons (Fsp3) is 0.930. The number of ether oxygens (including phenoxy) is 10. The van der Waals surface area contributed by atoms with Crippen LogP contribution in [-0.4, -0.2) is 262 Å². The van der Waals surface area contributed by atoms with Crippen LogP contribution in [0, 0.1) is 50.2 Å². The average molecular weight is 1210 g/mol. The summed E-state index contributed by atoms with van der Waals surface area (Å²) in [5.41, 5.74) is -4.08. The molecule has 27 heteroatoms. The van der Waals surface area contributed by atoms with Crippen molar-refractivity contribution in [1.82, 2.24) is 0 Å². The summed E-state index contributed by atoms with van der Waals surface area (Å²) in [5.74, 6) is -3.12. The highest BCUT2D eigenvalue weighted by molar-refractivity contribution is 5.79. The van der Waals surface area contributed by atoms with Crippen LogP contribution in [0.2, 0.25) is 0 Å². The molecule has 5 aliphatic heterocycles. The zero-order valence-electron chi connectivity index (χ0n) is 48.5. The Bertz CT molecular complexity index is 2400. The van der Waals surface area contributed by atoms with Gasteiger partial charge >= 0.3 is 11.9 Å². The number of hydrogen-bond acceptors (Lipinski definition) is 26. The van der Waals surface area contributed by atoms with Crippen molar-refractivity contribution in [3.63, 3.8) is 0 Å². The molecule has 0 bridgehead atoms. The molecule has 5 heterocycles. The SMILES string of the molecule is CC1OC(OC2C(OC(=O)C34CCC(C)(C)CC3C3=CCC5C6(C)CC(O)C(OC7OC(CO)C(OC8OCC(O)C(O)C8O)C(O)C7O)C(C)(C(=O)O)C6CCC5(C)C3(C)CC4)OCC(O)C2O)C(O)C(OC2OCC(O)C(O)C2O)C1O. The smallest absolute Gasteiger partial charge is 0.315 e. The fourth-order valence-corrected chi connectivity index (χ4v) is 17.2. The van der Waals surface area contributed by atoms with Crippen LogP contribution in [0.1, 0.15) is 106 Å². The topological polar surface area (TPSA) is 430 Å². The first-order valence-corrected chi connectivity index (χ1v) is 29.7. The van der Waals surface area contributed by atoms with Gasteiger partial charge in [0.1, 0.15) is 97.7 Å². The van der Waals surface area contributed by atoms with Gasteiger partial charge in [-0.05, 0) is 111 Å². The zero-order valence-corrected chi connectivity index (χ0v) is 48.5. The van der Waals surface area contributed by atoms with Crippen molar-refractivity contribution in [1.29, 1.82) is 0 Å². The van der Waals surface area contributed by atoms with E-state index in [1.807, 2.05) is 6.92 Å². The number of aliphatic hydroxyl groups excluding tert-OH is 14. The predicted octanol–water partition coefficient (Wildman–Crippen LogP) is -3.23. The van der Waals surface area contributed by atoms with Gasteiger partial charge < -0.3 is 124 Å². The fourth-order valence-electron chi connectivity index (χ4n) is 17.2. The standard InChI is InChI=1S/C57H90O27/c1-22-32(63)42(81-46-38(69)34(65)27(61)20-76-46)40(71)48(78-22)82-43-35(66)28(62)21-77-49(43)84-51(74)57-14-12-52(2,3)16-24(57)23-8-9-30-53(4)17-25(59)44(56(7,50(72)73)31(53)10-11-55(30,6)54(23,5)13-15-57)83-47-39(70)36(67)41(29(18-58)79-47)80-45-37(68)33(64)26(60)19-75-45/h8,22,24-49,58-71H,9-21H2,1-7H3,(H,72,73). The first-order valence-electron chi connectivity index (χ1n) is 29.7. The minimum atomic E-state index is -1.94. The number of allylic oxidation sites excluding steroid dienone is 2. The minimum absolute atomic E-state index is 0.0670. The van der Waals surface area contributed by atoms with Gasteiger partial charge in [0, 0.05) is 0 Å². The maximum absolute atomic E-state index is 15.4. The van der Waals surface area contributed by atoms with Crippen molar-refractivity contribution in [2.24, 2.45) is 50.2 Å². The van der Waals surface area contributed by atoms with Crippen LogP contribution >= 0.6 is 0 Å². The second kappa shape index (κ2) is 23.5. The van der Waals surface area contributed by atoms with Gasteiger partial charge in [0.2, 0.25) is 6.29 Å². The molecule has 9 fully saturated rings. The van der Waals surface area contributed by atoms with Gasteiger partial charge in [-0.2, -0.15) is 0 Å². The lowest BCUT2D eigenvalue weighted by Gasteiger charge is -2.71. The molecule has 0 aromatic heterocycles. The van der Waals surface area contributed by atoms with Crippen LogP contribution in [0.25, 0.3) is 0 Å². The molecule has 0 radical (unpaired) electrons. The van der Waals surface area contributed by atoms with Crippen LogP contribution in [0.4, 0.5) is 0 Å². The number of aliphatic hydroxyl groups is 14. The van der Waals surface area contributed by atoms with Gasteiger partial charge in [-0.15, -0.1) is 0 Å². The number of aliphatic carboxylic acids is 1. The van der Waals surface area contributed by atoms with Crippen LogP contribution in [0.3, 0.4) is 0 Å². The van der Waals surface area contributed by atoms with E-state index in [2.05, 4.69) is 33.8 Å². The number of esters is 1. The number of carbonyl (C=O) groups excluding carboxylic acids is 1. The summed E-state index contributed by atoms with van der Waals surface area (Å²) in [6.07, 6.45) is -32.9. The van der Waals surface area contributed by atoms with Crippen molar-refractivity contribution in [2.75, 3.05) is 26.4 Å². The molecular weight excluding hydrogens is 1120 g/mol. The van der Waals surface area contributed by atoms with E-state index in [0.717, 1.165) is 5.57 Å². The molecule has 32 unspecified atom stereocenters. The van der Waals surface area contributed by atoms with Gasteiger partial charge in [0.15, 0.2) is 31.3 Å². The molecule has 10 rings (SSSR count). The molecule has 0 spiro atoms. The number of carboxylic acid groups (broad SMARTS) is 1. The lowest BCUT2D eigenvalue weighted by Crippen LogP contribution is -2.70. The van der Waals surface area contributed by atoms with E-state index >= 15 is 4.79 Å². The summed E-state index contributed by atoms with van der Waals surface area (Å²) >= 11 is 0. The van der Waals surface area contributed by atoms with Crippen molar-refractivity contribution in [3.05, 3.63) is 11.6 Å². The minimum Gasteiger partial charge on any atom is -0.481 e. The van der Waals surface area contributed by atoms with Crippen LogP contribution in [0.15, 0.2) is 11.6 Å². The predicted molar refractivity (Wildman–Crippen MR) is 279 cm³/mol. The number of carbonyl (C=O) groups is 2. The van der Waals surface area contributed by atoms with E-state index in [0.29, 0.717) is 51.4 Å². The average Bonchev–Trinajstić information content (AvgIpc) is 0.820. The first-order chi connectivity index (χ1) is 39.3. The summed E-state index contributed by atoms with van der Waals surface area (Å²) in [6, 6.07) is 0. The molecule has 0 amide bonds. The van der Waals surface area contributed by atoms with E-state index in [1.165, 1.54) is 13.8 Å². The maximum atomic E-state index is 15.4. The molecule has 4 saturated carbocycles. The summed E-state index contributed by atoms with van der Waals surface area (Å²) < 4.78 is 58.7. The Morgan fingerprint density at radius 1 is 0.560 bits per heavy atom. The monoisotopic (exact) mass is 1210 g/mol. The van der Waals surface area contributed by atoms with Crippen molar-refractivity contribution < 1.29 is 134 Å². The summed E-state index contributed by atoms with van der Waals surface area (Å²) in [7, 11) is 0. The number of carboxylic acids is 1. The molecular formula is C57H90O27. The third-order valence-electron chi connectivity index (χ3n) is 22.4. The quantitative estimate of drug-likeness (QED) is 0.0519. The molecule has 5 saturated heterocycles. The second-order valence-electron chi connectivity index (χ2n) is 27.7. The highest BCUT2D eigenvalue weighted by atomic mass is 16.8. The molecule has 5 aliphatic carbocycles. The van der Waals surface area contributed by atoms with Gasteiger partial charge in [0.05, 0.1) is 49.5 Å². The number of hydrogen-bond donors (Lipinski definition) is 15. The molecule has 84 heavy (non-hydrogen) atoms. The van der Waals surface area contributed by atoms with Gasteiger partial charge in [-0.3, -0.25) is 9.59 Å². The molecule has 27 nitrogen and oxygen atoms in total. The van der Waals surface area contributed by atoms with Crippen LogP contribution in [-0.2, 0) is 57.0 Å². The van der Waals surface area contributed by atoms with E-state index in [1.54, 1.807) is 0 Å². The maximum Gasteiger partial charge on any atom is 0.315 e. The first kappa shape index (κ1) is 64.7. The van der Waals surface area contributed by atoms with E-state index in [9.17, 15) is 81.4 Å². The Morgan fingerprint density at radius 2 is 1.11 bits per heavy atom. The van der Waals surface area contributed by atoms with Gasteiger partial charge in [0.25, 0.3) is 0 Å². The molecule has 0 aromatic rings. The Balaban J connectivity index is 0.878. The van der Waals surface area contributed by atoms with E-state index in [4.69, 9.17) is 47.4 Å². The Hall–Kier alpha value is -2.24. The van der Waals surface area contributed by atoms with Crippen molar-refractivity contribution in [2.45, 2.75) is 254 Å². The highest BCUT2D eigenvalue weighted by Gasteiger charge is 2.73. The second-order valence-corrected chi connectivity index (χ2v) is 27.7. The molecule has 15 N–H and O–H groups in total. The normalized spacial score (nSPS) is 54.8. The zero-order chi connectivity index (χ0) is 61.3. The van der Waals surface area contributed by atoms with E-state index < -0.39 is 219 Å². The van der Waals surface area contributed by atoms with E-state index in [-0.39, 0.29) is 23.7 Å². The number of fused-ring (bicyclic) bond motifs is 7. The summed E-state index contributed by atoms with van der Waals surface area (Å²) in [6.45, 7) is 11.6. The Morgan fingerprint density at radius 3 is 1.71 bits per heavy atom. The van der Waals surface area contributed by atoms with Gasteiger partial charge in [-0.1, -0.05) is 46.3 Å².